The molecule has 0 radical (unpaired) electrons. The van der Waals surface area contributed by atoms with Gasteiger partial charge in [0.25, 0.3) is 0 Å². The minimum atomic E-state index is 0.124. The van der Waals surface area contributed by atoms with Crippen molar-refractivity contribution < 1.29 is 4.79 Å². The van der Waals surface area contributed by atoms with Crippen LogP contribution < -0.4 is 11.1 Å². The Morgan fingerprint density at radius 1 is 1.71 bits per heavy atom. The normalized spacial score (nSPS) is 22.1. The third-order valence-electron chi connectivity index (χ3n) is 2.67. The first-order valence-corrected chi connectivity index (χ1v) is 4.75. The van der Waals surface area contributed by atoms with Crippen LogP contribution >= 0.6 is 0 Å². The lowest BCUT2D eigenvalue weighted by atomic mass is 10.1. The minimum absolute atomic E-state index is 0.124. The molecule has 0 bridgehead atoms. The average Bonchev–Trinajstić information content (AvgIpc) is 2.50. The molecular weight excluding hydrogens is 180 g/mol. The molecule has 0 saturated carbocycles. The molecule has 1 atom stereocenters. The average molecular weight is 194 g/mol. The van der Waals surface area contributed by atoms with E-state index in [-0.39, 0.29) is 11.9 Å². The van der Waals surface area contributed by atoms with Gasteiger partial charge in [-0.3, -0.25) is 9.48 Å². The van der Waals surface area contributed by atoms with E-state index in [0.717, 1.165) is 12.1 Å². The Morgan fingerprint density at radius 2 is 2.50 bits per heavy atom. The van der Waals surface area contributed by atoms with Crippen molar-refractivity contribution in [2.45, 2.75) is 25.8 Å². The minimum Gasteiger partial charge on any atom is -0.396 e. The van der Waals surface area contributed by atoms with E-state index in [2.05, 4.69) is 10.4 Å². The molecule has 5 heteroatoms. The maximum absolute atomic E-state index is 11.0. The molecule has 1 fully saturated rings. The van der Waals surface area contributed by atoms with Gasteiger partial charge in [0, 0.05) is 13.0 Å². The van der Waals surface area contributed by atoms with Crippen molar-refractivity contribution >= 4 is 11.6 Å². The van der Waals surface area contributed by atoms with Crippen LogP contribution in [0, 0.1) is 6.92 Å². The zero-order valence-electron chi connectivity index (χ0n) is 8.16. The number of carbonyl (C=O) groups is 1. The van der Waals surface area contributed by atoms with E-state index in [0.29, 0.717) is 18.7 Å². The number of nitrogens with two attached hydrogens (primary N) is 1. The molecule has 0 spiro atoms. The molecule has 1 aromatic rings. The quantitative estimate of drug-likeness (QED) is 0.672. The Balaban J connectivity index is 2.16. The summed E-state index contributed by atoms with van der Waals surface area (Å²) in [4.78, 5) is 11.0. The van der Waals surface area contributed by atoms with Crippen LogP contribution in [0.5, 0.6) is 0 Å². The van der Waals surface area contributed by atoms with Gasteiger partial charge in [0.15, 0.2) is 0 Å². The number of hydrogen-bond donors (Lipinski definition) is 2. The van der Waals surface area contributed by atoms with Crippen molar-refractivity contribution in [1.29, 1.82) is 0 Å². The van der Waals surface area contributed by atoms with Gasteiger partial charge in [-0.1, -0.05) is 0 Å². The van der Waals surface area contributed by atoms with Gasteiger partial charge in [-0.2, -0.15) is 5.10 Å². The van der Waals surface area contributed by atoms with Gasteiger partial charge in [0.2, 0.25) is 5.91 Å². The van der Waals surface area contributed by atoms with Crippen LogP contribution in [0.1, 0.15) is 24.6 Å². The van der Waals surface area contributed by atoms with Crippen LogP contribution in [0.2, 0.25) is 0 Å². The Morgan fingerprint density at radius 3 is 3.00 bits per heavy atom. The molecule has 5 nitrogen and oxygen atoms in total. The number of nitrogen functional groups attached to an aromatic ring is 1. The Bertz CT molecular complexity index is 348. The van der Waals surface area contributed by atoms with Crippen molar-refractivity contribution in [1.82, 2.24) is 15.1 Å². The fourth-order valence-corrected chi connectivity index (χ4v) is 1.73. The summed E-state index contributed by atoms with van der Waals surface area (Å²) in [6, 6.07) is 0.255. The van der Waals surface area contributed by atoms with Crippen LogP contribution in [0.25, 0.3) is 0 Å². The number of nitrogens with one attached hydrogen (secondary N) is 1. The Kier molecular flexibility index (Phi) is 2.15. The van der Waals surface area contributed by atoms with Crippen LogP contribution in [0.4, 0.5) is 5.69 Å². The number of aromatic nitrogens is 2. The second-order valence-corrected chi connectivity index (χ2v) is 3.63. The maximum atomic E-state index is 11.0. The van der Waals surface area contributed by atoms with Crippen LogP contribution in [0.15, 0.2) is 6.20 Å². The first-order valence-electron chi connectivity index (χ1n) is 4.75. The highest BCUT2D eigenvalue weighted by atomic mass is 16.1. The van der Waals surface area contributed by atoms with Gasteiger partial charge in [-0.15, -0.1) is 0 Å². The molecule has 1 saturated heterocycles. The fraction of sp³-hybridized carbons (Fsp3) is 0.556. The van der Waals surface area contributed by atoms with Gasteiger partial charge in [0.1, 0.15) is 0 Å². The molecule has 1 amide bonds. The highest BCUT2D eigenvalue weighted by molar-refractivity contribution is 5.76. The lowest BCUT2D eigenvalue weighted by molar-refractivity contribution is -0.122. The summed E-state index contributed by atoms with van der Waals surface area (Å²) >= 11 is 0. The molecule has 2 heterocycles. The first kappa shape index (κ1) is 9.05. The predicted octanol–water partition coefficient (Wildman–Crippen LogP) is 0.225. The second-order valence-electron chi connectivity index (χ2n) is 3.63. The van der Waals surface area contributed by atoms with Crippen LogP contribution in [-0.4, -0.2) is 22.2 Å². The largest absolute Gasteiger partial charge is 0.396 e. The summed E-state index contributed by atoms with van der Waals surface area (Å²) in [5.41, 5.74) is 7.39. The molecule has 1 unspecified atom stereocenters. The van der Waals surface area contributed by atoms with Crippen LogP contribution in [-0.2, 0) is 4.79 Å². The van der Waals surface area contributed by atoms with E-state index in [1.165, 1.54) is 0 Å². The molecular formula is C9H14N4O. The van der Waals surface area contributed by atoms with Gasteiger partial charge >= 0.3 is 0 Å². The van der Waals surface area contributed by atoms with Crippen molar-refractivity contribution in [3.05, 3.63) is 11.9 Å². The fourth-order valence-electron chi connectivity index (χ4n) is 1.73. The Hall–Kier alpha value is -1.52. The molecule has 1 aliphatic heterocycles. The summed E-state index contributed by atoms with van der Waals surface area (Å²) in [6.07, 6.45) is 3.07. The molecule has 0 aliphatic carbocycles. The number of rotatable bonds is 1. The lowest BCUT2D eigenvalue weighted by Gasteiger charge is -2.23. The number of anilines is 1. The standard InChI is InChI=1S/C9H14N4O/c1-6-8(10)5-12-13(6)7-2-3-9(14)11-4-7/h5,7H,2-4,10H2,1H3,(H,11,14). The second kappa shape index (κ2) is 3.32. The van der Waals surface area contributed by atoms with Gasteiger partial charge in [-0.05, 0) is 13.3 Å². The number of carbonyl (C=O) groups excluding carboxylic acids is 1. The van der Waals surface area contributed by atoms with Crippen molar-refractivity contribution in [3.63, 3.8) is 0 Å². The molecule has 76 valence electrons. The molecule has 1 aromatic heterocycles. The summed E-state index contributed by atoms with van der Waals surface area (Å²) in [6.45, 7) is 2.60. The van der Waals surface area contributed by atoms with E-state index in [1.54, 1.807) is 6.20 Å². The van der Waals surface area contributed by atoms with Crippen molar-refractivity contribution in [2.75, 3.05) is 12.3 Å². The number of amides is 1. The summed E-state index contributed by atoms with van der Waals surface area (Å²) in [5.74, 6) is 0.124. The first-order chi connectivity index (χ1) is 6.68. The molecule has 14 heavy (non-hydrogen) atoms. The summed E-state index contributed by atoms with van der Waals surface area (Å²) in [5, 5.41) is 7.03. The zero-order valence-corrected chi connectivity index (χ0v) is 8.16. The molecule has 2 rings (SSSR count). The molecule has 1 aliphatic rings. The van der Waals surface area contributed by atoms with Crippen LogP contribution in [0.3, 0.4) is 0 Å². The van der Waals surface area contributed by atoms with E-state index in [1.807, 2.05) is 11.6 Å². The third kappa shape index (κ3) is 1.45. The maximum Gasteiger partial charge on any atom is 0.220 e. The lowest BCUT2D eigenvalue weighted by Crippen LogP contribution is -2.36. The SMILES string of the molecule is Cc1c(N)cnn1C1CCC(=O)NC1. The third-order valence-corrected chi connectivity index (χ3v) is 2.67. The van der Waals surface area contributed by atoms with E-state index >= 15 is 0 Å². The van der Waals surface area contributed by atoms with E-state index in [9.17, 15) is 4.79 Å². The van der Waals surface area contributed by atoms with Gasteiger partial charge in [-0.25, -0.2) is 0 Å². The molecule has 3 N–H and O–H groups in total. The highest BCUT2D eigenvalue weighted by Gasteiger charge is 2.21. The van der Waals surface area contributed by atoms with Gasteiger partial charge < -0.3 is 11.1 Å². The number of piperidine rings is 1. The predicted molar refractivity (Wildman–Crippen MR) is 52.7 cm³/mol. The van der Waals surface area contributed by atoms with Crippen molar-refractivity contribution in [2.24, 2.45) is 0 Å². The number of nitrogens with zero attached hydrogens (tertiary/aromatic N) is 2. The van der Waals surface area contributed by atoms with E-state index < -0.39 is 0 Å². The zero-order chi connectivity index (χ0) is 10.1. The highest BCUT2D eigenvalue weighted by Crippen LogP contribution is 2.20. The summed E-state index contributed by atoms with van der Waals surface area (Å²) < 4.78 is 1.90. The monoisotopic (exact) mass is 194 g/mol. The summed E-state index contributed by atoms with van der Waals surface area (Å²) in [7, 11) is 0. The molecule has 0 aromatic carbocycles. The topological polar surface area (TPSA) is 72.9 Å². The Labute approximate surface area is 82.3 Å². The van der Waals surface area contributed by atoms with Crippen molar-refractivity contribution in [3.8, 4) is 0 Å². The van der Waals surface area contributed by atoms with E-state index in [4.69, 9.17) is 5.73 Å². The van der Waals surface area contributed by atoms with Gasteiger partial charge in [0.05, 0.1) is 23.6 Å². The number of hydrogen-bond acceptors (Lipinski definition) is 3. The smallest absolute Gasteiger partial charge is 0.220 e.